The molecule has 1 fully saturated rings. The van der Waals surface area contributed by atoms with Crippen LogP contribution >= 0.6 is 0 Å². The van der Waals surface area contributed by atoms with Crippen molar-refractivity contribution in [1.82, 2.24) is 4.57 Å². The van der Waals surface area contributed by atoms with Crippen LogP contribution in [0.4, 0.5) is 5.69 Å². The number of carbonyl (C=O) groups excluding carboxylic acids is 1. The summed E-state index contributed by atoms with van der Waals surface area (Å²) in [5, 5.41) is 9.79. The molecule has 1 aliphatic heterocycles. The maximum atomic E-state index is 13.3. The number of hydrogen-bond donors (Lipinski definition) is 0. The molecule has 0 bridgehead atoms. The first-order valence-corrected chi connectivity index (χ1v) is 11.2. The lowest BCUT2D eigenvalue weighted by atomic mass is 9.83. The lowest BCUT2D eigenvalue weighted by Gasteiger charge is -2.23. The Hall–Kier alpha value is -3.06. The van der Waals surface area contributed by atoms with Crippen LogP contribution in [0, 0.1) is 25.2 Å². The van der Waals surface area contributed by atoms with Gasteiger partial charge in [-0.3, -0.25) is 4.79 Å². The predicted molar refractivity (Wildman–Crippen MR) is 125 cm³/mol. The number of anilines is 1. The highest BCUT2D eigenvalue weighted by Gasteiger charge is 2.37. The van der Waals surface area contributed by atoms with Gasteiger partial charge in [0.05, 0.1) is 0 Å². The van der Waals surface area contributed by atoms with E-state index in [9.17, 15) is 10.1 Å². The summed E-state index contributed by atoms with van der Waals surface area (Å²) in [6.07, 6.45) is 8.45. The molecule has 160 valence electrons. The van der Waals surface area contributed by atoms with Crippen LogP contribution in [0.5, 0.6) is 0 Å². The van der Waals surface area contributed by atoms with Crippen LogP contribution in [0.3, 0.4) is 0 Å². The van der Waals surface area contributed by atoms with Gasteiger partial charge in [-0.05, 0) is 56.5 Å². The van der Waals surface area contributed by atoms with E-state index < -0.39 is 0 Å². The molecule has 0 saturated heterocycles. The third kappa shape index (κ3) is 3.43. The highest BCUT2D eigenvalue weighted by Crippen LogP contribution is 2.46. The smallest absolute Gasteiger partial charge is 0.205 e. The first-order chi connectivity index (χ1) is 14.8. The van der Waals surface area contributed by atoms with E-state index in [4.69, 9.17) is 0 Å². The van der Waals surface area contributed by atoms with Crippen molar-refractivity contribution in [2.75, 3.05) is 11.9 Å². The summed E-state index contributed by atoms with van der Waals surface area (Å²) in [6.45, 7) is 8.43. The van der Waals surface area contributed by atoms with Crippen LogP contribution < -0.4 is 4.90 Å². The number of Topliss-reactive ketones (excluding diaryl/α,β-unsaturated/α-hetero) is 1. The standard InChI is InChI=1S/C27H31N3O/c1-18-16-22(19(2)30(18)21-10-6-7-11-21)26(31)20(17-28)14-15-25-27(3,4)23-12-8-9-13-24(23)29(25)5/h8-9,12-16,21H,6-7,10-11H2,1-5H3/b20-14+,25-15-. The van der Waals surface area contributed by atoms with E-state index in [1.807, 2.05) is 32.2 Å². The minimum atomic E-state index is -0.191. The molecule has 2 aromatic rings. The first-order valence-electron chi connectivity index (χ1n) is 11.2. The fourth-order valence-electron chi connectivity index (χ4n) is 5.50. The Morgan fingerprint density at radius 1 is 1.19 bits per heavy atom. The second-order valence-corrected chi connectivity index (χ2v) is 9.37. The number of rotatable bonds is 4. The molecule has 0 radical (unpaired) electrons. The number of fused-ring (bicyclic) bond motifs is 1. The van der Waals surface area contributed by atoms with E-state index in [-0.39, 0.29) is 16.8 Å². The van der Waals surface area contributed by atoms with E-state index in [0.717, 1.165) is 22.8 Å². The monoisotopic (exact) mass is 413 g/mol. The van der Waals surface area contributed by atoms with Gasteiger partial charge >= 0.3 is 0 Å². The molecule has 4 nitrogen and oxygen atoms in total. The number of para-hydroxylation sites is 1. The van der Waals surface area contributed by atoms with Crippen molar-refractivity contribution in [3.05, 3.63) is 76.3 Å². The Balaban J connectivity index is 1.68. The number of aromatic nitrogens is 1. The highest BCUT2D eigenvalue weighted by molar-refractivity contribution is 6.12. The van der Waals surface area contributed by atoms with E-state index in [1.165, 1.54) is 31.2 Å². The second-order valence-electron chi connectivity index (χ2n) is 9.37. The fourth-order valence-corrected chi connectivity index (χ4v) is 5.50. The molecular formula is C27H31N3O. The van der Waals surface area contributed by atoms with Gasteiger partial charge in [-0.2, -0.15) is 5.26 Å². The van der Waals surface area contributed by atoms with Crippen LogP contribution in [0.15, 0.2) is 53.8 Å². The third-order valence-electron chi connectivity index (χ3n) is 7.13. The average Bonchev–Trinajstić information content (AvgIpc) is 3.41. The molecule has 1 aliphatic carbocycles. The first kappa shape index (κ1) is 21.2. The fraction of sp³-hybridized carbons (Fsp3) is 0.407. The van der Waals surface area contributed by atoms with Gasteiger partial charge in [-0.15, -0.1) is 0 Å². The Kier molecular flexibility index (Phi) is 5.39. The largest absolute Gasteiger partial charge is 0.347 e. The van der Waals surface area contributed by atoms with Gasteiger partial charge in [0.2, 0.25) is 5.78 Å². The zero-order valence-electron chi connectivity index (χ0n) is 19.2. The summed E-state index contributed by atoms with van der Waals surface area (Å²) in [6, 6.07) is 12.9. The molecule has 0 N–H and O–H groups in total. The van der Waals surface area contributed by atoms with Crippen LogP contribution in [0.2, 0.25) is 0 Å². The Labute approximate surface area is 185 Å². The molecule has 0 amide bonds. The Bertz CT molecular complexity index is 1130. The maximum Gasteiger partial charge on any atom is 0.205 e. The molecule has 2 aliphatic rings. The predicted octanol–water partition coefficient (Wildman–Crippen LogP) is 6.16. The topological polar surface area (TPSA) is 49.0 Å². The molecule has 31 heavy (non-hydrogen) atoms. The third-order valence-corrected chi connectivity index (χ3v) is 7.13. The van der Waals surface area contributed by atoms with Crippen molar-refractivity contribution in [3.8, 4) is 6.07 Å². The van der Waals surface area contributed by atoms with Gasteiger partial charge < -0.3 is 9.47 Å². The van der Waals surface area contributed by atoms with Crippen molar-refractivity contribution < 1.29 is 4.79 Å². The lowest BCUT2D eigenvalue weighted by Crippen LogP contribution is -2.22. The highest BCUT2D eigenvalue weighted by atomic mass is 16.1. The lowest BCUT2D eigenvalue weighted by molar-refractivity contribution is 0.103. The van der Waals surface area contributed by atoms with Gasteiger partial charge in [-0.1, -0.05) is 44.9 Å². The summed E-state index contributed by atoms with van der Waals surface area (Å²) >= 11 is 0. The number of hydrogen-bond acceptors (Lipinski definition) is 3. The minimum absolute atomic E-state index is 0.180. The van der Waals surface area contributed by atoms with Crippen LogP contribution in [-0.4, -0.2) is 17.4 Å². The number of likely N-dealkylation sites (N-methyl/N-ethyl adjacent to an activating group) is 1. The number of nitriles is 1. The molecule has 0 unspecified atom stereocenters. The summed E-state index contributed by atoms with van der Waals surface area (Å²) in [4.78, 5) is 15.4. The van der Waals surface area contributed by atoms with E-state index >= 15 is 0 Å². The molecule has 1 aromatic carbocycles. The zero-order chi connectivity index (χ0) is 22.3. The quantitative estimate of drug-likeness (QED) is 0.342. The van der Waals surface area contributed by atoms with Crippen molar-refractivity contribution in [3.63, 3.8) is 0 Å². The van der Waals surface area contributed by atoms with Gasteiger partial charge in [0.15, 0.2) is 0 Å². The number of aryl methyl sites for hydroxylation is 1. The van der Waals surface area contributed by atoms with E-state index in [0.29, 0.717) is 11.6 Å². The molecule has 0 spiro atoms. The van der Waals surface area contributed by atoms with Crippen molar-refractivity contribution in [2.24, 2.45) is 0 Å². The van der Waals surface area contributed by atoms with E-state index in [1.54, 1.807) is 6.08 Å². The van der Waals surface area contributed by atoms with Gasteiger partial charge in [0, 0.05) is 46.8 Å². The van der Waals surface area contributed by atoms with Gasteiger partial charge in [0.1, 0.15) is 11.6 Å². The molecule has 1 aromatic heterocycles. The maximum absolute atomic E-state index is 13.3. The summed E-state index contributed by atoms with van der Waals surface area (Å²) < 4.78 is 2.30. The van der Waals surface area contributed by atoms with Crippen LogP contribution in [0.25, 0.3) is 0 Å². The zero-order valence-corrected chi connectivity index (χ0v) is 19.2. The van der Waals surface area contributed by atoms with Crippen molar-refractivity contribution in [1.29, 1.82) is 5.26 Å². The minimum Gasteiger partial charge on any atom is -0.347 e. The number of carbonyl (C=O) groups is 1. The number of allylic oxidation sites excluding steroid dienone is 4. The summed E-state index contributed by atoms with van der Waals surface area (Å²) in [7, 11) is 2.04. The molecule has 1 saturated carbocycles. The average molecular weight is 414 g/mol. The van der Waals surface area contributed by atoms with Gasteiger partial charge in [0.25, 0.3) is 0 Å². The summed E-state index contributed by atoms with van der Waals surface area (Å²) in [5.74, 6) is -0.187. The SMILES string of the molecule is Cc1cc(C(=O)/C(C#N)=C/C=C2\N(C)c3ccccc3C2(C)C)c(C)n1C1CCCC1. The van der Waals surface area contributed by atoms with Crippen molar-refractivity contribution in [2.45, 2.75) is 64.8 Å². The second kappa shape index (κ2) is 7.89. The molecule has 4 rings (SSSR count). The van der Waals surface area contributed by atoms with Crippen LogP contribution in [-0.2, 0) is 5.41 Å². The molecule has 0 atom stereocenters. The van der Waals surface area contributed by atoms with Crippen molar-refractivity contribution >= 4 is 11.5 Å². The summed E-state index contributed by atoms with van der Waals surface area (Å²) in [5.41, 5.74) is 6.22. The number of ketones is 1. The van der Waals surface area contributed by atoms with E-state index in [2.05, 4.69) is 54.5 Å². The number of nitrogens with zero attached hydrogens (tertiary/aromatic N) is 3. The molecular weight excluding hydrogens is 382 g/mol. The normalized spacial score (nSPS) is 19.7. The number of benzene rings is 1. The molecule has 4 heteroatoms. The van der Waals surface area contributed by atoms with Crippen LogP contribution in [0.1, 0.15) is 72.9 Å². The Morgan fingerprint density at radius 3 is 2.52 bits per heavy atom. The molecule has 2 heterocycles. The van der Waals surface area contributed by atoms with Gasteiger partial charge in [-0.25, -0.2) is 0 Å². The Morgan fingerprint density at radius 2 is 1.87 bits per heavy atom.